The first-order chi connectivity index (χ1) is 15.5. The normalized spacial score (nSPS) is 21.8. The number of carbonyl (C=O) groups is 2. The first-order valence-electron chi connectivity index (χ1n) is 11.0. The third-order valence-electron chi connectivity index (χ3n) is 6.86. The second kappa shape index (κ2) is 8.20. The largest absolute Gasteiger partial charge is 0.369 e. The average Bonchev–Trinajstić information content (AvgIpc) is 3.39. The van der Waals surface area contributed by atoms with Crippen LogP contribution in [0.15, 0.2) is 65.4 Å². The predicted octanol–water partition coefficient (Wildman–Crippen LogP) is 3.92. The highest BCUT2D eigenvalue weighted by Gasteiger charge is 2.45. The molecule has 3 aromatic rings. The molecular formula is C25H25BrN4O2. The van der Waals surface area contributed by atoms with E-state index in [-0.39, 0.29) is 17.7 Å². The molecule has 6 nitrogen and oxygen atoms in total. The smallest absolute Gasteiger partial charge is 0.222 e. The molecule has 0 spiro atoms. The Bertz CT molecular complexity index is 1170. The maximum absolute atomic E-state index is 13.3. The van der Waals surface area contributed by atoms with Crippen molar-refractivity contribution in [3.05, 3.63) is 76.5 Å². The van der Waals surface area contributed by atoms with E-state index >= 15 is 0 Å². The summed E-state index contributed by atoms with van der Waals surface area (Å²) >= 11 is 3.54. The number of primary amides is 1. The van der Waals surface area contributed by atoms with Crippen molar-refractivity contribution in [2.45, 2.75) is 31.2 Å². The predicted molar refractivity (Wildman–Crippen MR) is 126 cm³/mol. The van der Waals surface area contributed by atoms with Gasteiger partial charge in [-0.3, -0.25) is 9.59 Å². The maximum atomic E-state index is 13.3. The van der Waals surface area contributed by atoms with Crippen molar-refractivity contribution >= 4 is 27.7 Å². The van der Waals surface area contributed by atoms with Crippen LogP contribution >= 0.6 is 15.9 Å². The fourth-order valence-corrected chi connectivity index (χ4v) is 5.55. The van der Waals surface area contributed by atoms with Crippen LogP contribution in [-0.2, 0) is 15.1 Å². The minimum Gasteiger partial charge on any atom is -0.369 e. The Morgan fingerprint density at radius 3 is 2.72 bits per heavy atom. The second-order valence-electron chi connectivity index (χ2n) is 8.61. The van der Waals surface area contributed by atoms with Crippen LogP contribution in [-0.4, -0.2) is 39.4 Å². The van der Waals surface area contributed by atoms with Crippen LogP contribution in [0, 0.1) is 5.92 Å². The fraction of sp³-hybridized carbons (Fsp3) is 0.320. The molecule has 2 unspecified atom stereocenters. The average molecular weight is 493 g/mol. The Morgan fingerprint density at radius 2 is 1.94 bits per heavy atom. The molecule has 0 bridgehead atoms. The second-order valence-corrected chi connectivity index (χ2v) is 9.53. The number of carbonyl (C=O) groups excluding carboxylic acids is 2. The molecule has 1 fully saturated rings. The number of benzene rings is 2. The summed E-state index contributed by atoms with van der Waals surface area (Å²) in [5.41, 5.74) is 8.37. The van der Waals surface area contributed by atoms with E-state index in [1.165, 1.54) is 0 Å². The van der Waals surface area contributed by atoms with E-state index in [2.05, 4.69) is 49.7 Å². The molecule has 1 saturated heterocycles. The van der Waals surface area contributed by atoms with Gasteiger partial charge in [-0.25, -0.2) is 4.98 Å². The zero-order valence-electron chi connectivity index (χ0n) is 17.7. The molecule has 2 aliphatic heterocycles. The molecule has 164 valence electrons. The van der Waals surface area contributed by atoms with Crippen LogP contribution in [0.25, 0.3) is 11.4 Å². The third-order valence-corrected chi connectivity index (χ3v) is 7.39. The van der Waals surface area contributed by atoms with Crippen molar-refractivity contribution in [1.82, 2.24) is 14.5 Å². The minimum atomic E-state index is -0.516. The first kappa shape index (κ1) is 20.9. The van der Waals surface area contributed by atoms with E-state index in [1.807, 2.05) is 41.6 Å². The number of hydrogen-bond donors (Lipinski definition) is 1. The highest BCUT2D eigenvalue weighted by Crippen LogP contribution is 2.49. The molecular weight excluding hydrogens is 468 g/mol. The van der Waals surface area contributed by atoms with Crippen molar-refractivity contribution in [2.24, 2.45) is 11.7 Å². The molecule has 2 amide bonds. The van der Waals surface area contributed by atoms with Crippen LogP contribution in [0.3, 0.4) is 0 Å². The van der Waals surface area contributed by atoms with Gasteiger partial charge in [0.1, 0.15) is 5.82 Å². The van der Waals surface area contributed by atoms with E-state index in [9.17, 15) is 9.59 Å². The molecule has 3 heterocycles. The summed E-state index contributed by atoms with van der Waals surface area (Å²) in [6.45, 7) is 1.10. The third kappa shape index (κ3) is 3.35. The number of rotatable bonds is 5. The van der Waals surface area contributed by atoms with Crippen LogP contribution in [0.5, 0.6) is 0 Å². The van der Waals surface area contributed by atoms with Gasteiger partial charge >= 0.3 is 0 Å². The number of likely N-dealkylation sites (tertiary alicyclic amines) is 1. The van der Waals surface area contributed by atoms with Crippen LogP contribution in [0.4, 0.5) is 0 Å². The fourth-order valence-electron chi connectivity index (χ4n) is 5.28. The zero-order chi connectivity index (χ0) is 22.3. The molecule has 1 aromatic heterocycles. The number of nitrogens with two attached hydrogens (primary N) is 1. The van der Waals surface area contributed by atoms with E-state index in [4.69, 9.17) is 5.73 Å². The van der Waals surface area contributed by atoms with Gasteiger partial charge in [-0.15, -0.1) is 0 Å². The number of halogens is 1. The van der Waals surface area contributed by atoms with Gasteiger partial charge in [-0.05, 0) is 42.5 Å². The molecule has 2 aromatic carbocycles. The van der Waals surface area contributed by atoms with E-state index in [0.29, 0.717) is 25.9 Å². The Labute approximate surface area is 195 Å². The number of imidazole rings is 1. The number of aromatic nitrogens is 2. The topological polar surface area (TPSA) is 81.2 Å². The quantitative estimate of drug-likeness (QED) is 0.585. The Morgan fingerprint density at radius 1 is 1.16 bits per heavy atom. The maximum Gasteiger partial charge on any atom is 0.222 e. The first-order valence-corrected chi connectivity index (χ1v) is 11.8. The van der Waals surface area contributed by atoms with Gasteiger partial charge < -0.3 is 15.2 Å². The van der Waals surface area contributed by atoms with Gasteiger partial charge in [0.2, 0.25) is 11.8 Å². The summed E-state index contributed by atoms with van der Waals surface area (Å²) in [4.78, 5) is 31.4. The molecule has 7 heteroatoms. The minimum absolute atomic E-state index is 0.0680. The SMILES string of the molecule is NC(=O)C1CCCN(C(=O)CCC2(c3ccc(Br)cc3)c3ccccc3-c3nccn32)C1. The molecule has 2 aliphatic rings. The number of piperidine rings is 1. The van der Waals surface area contributed by atoms with Crippen LogP contribution < -0.4 is 5.73 Å². The lowest BCUT2D eigenvalue weighted by molar-refractivity contribution is -0.135. The summed E-state index contributed by atoms with van der Waals surface area (Å²) in [7, 11) is 0. The Balaban J connectivity index is 1.51. The summed E-state index contributed by atoms with van der Waals surface area (Å²) in [6, 6.07) is 16.6. The van der Waals surface area contributed by atoms with E-state index < -0.39 is 5.54 Å². The highest BCUT2D eigenvalue weighted by molar-refractivity contribution is 9.10. The molecule has 2 N–H and O–H groups in total. The Hall–Kier alpha value is -2.93. The molecule has 2 atom stereocenters. The molecule has 32 heavy (non-hydrogen) atoms. The number of nitrogens with zero attached hydrogens (tertiary/aromatic N) is 3. The highest BCUT2D eigenvalue weighted by atomic mass is 79.9. The monoisotopic (exact) mass is 492 g/mol. The van der Waals surface area contributed by atoms with E-state index in [0.717, 1.165) is 39.8 Å². The molecule has 0 saturated carbocycles. The molecule has 5 rings (SSSR count). The van der Waals surface area contributed by atoms with Gasteiger partial charge in [-0.2, -0.15) is 0 Å². The molecule has 0 radical (unpaired) electrons. The van der Waals surface area contributed by atoms with Gasteiger partial charge in [-0.1, -0.05) is 52.3 Å². The van der Waals surface area contributed by atoms with Crippen molar-refractivity contribution in [2.75, 3.05) is 13.1 Å². The van der Waals surface area contributed by atoms with Crippen molar-refractivity contribution in [3.8, 4) is 11.4 Å². The standard InChI is InChI=1S/C25H25BrN4O2/c26-19-9-7-18(8-10-19)25(12-11-22(31)29-14-3-4-17(16-29)23(27)32)21-6-2-1-5-20(21)24-28-13-15-30(24)25/h1-2,5-10,13,15,17H,3-4,11-12,14,16H2,(H2,27,32). The summed E-state index contributed by atoms with van der Waals surface area (Å²) < 4.78 is 3.21. The van der Waals surface area contributed by atoms with E-state index in [1.54, 1.807) is 0 Å². The molecule has 0 aliphatic carbocycles. The lowest BCUT2D eigenvalue weighted by atomic mass is 9.79. The van der Waals surface area contributed by atoms with Gasteiger partial charge in [0.05, 0.1) is 11.5 Å². The lowest BCUT2D eigenvalue weighted by Crippen LogP contribution is -2.44. The lowest BCUT2D eigenvalue weighted by Gasteiger charge is -2.35. The number of fused-ring (bicyclic) bond motifs is 3. The van der Waals surface area contributed by atoms with Crippen molar-refractivity contribution < 1.29 is 9.59 Å². The van der Waals surface area contributed by atoms with Crippen LogP contribution in [0.2, 0.25) is 0 Å². The Kier molecular flexibility index (Phi) is 5.37. The number of amides is 2. The van der Waals surface area contributed by atoms with Crippen molar-refractivity contribution in [3.63, 3.8) is 0 Å². The van der Waals surface area contributed by atoms with Gasteiger partial charge in [0.25, 0.3) is 0 Å². The van der Waals surface area contributed by atoms with Gasteiger partial charge in [0.15, 0.2) is 0 Å². The van der Waals surface area contributed by atoms with Gasteiger partial charge in [0, 0.05) is 41.9 Å². The summed E-state index contributed by atoms with van der Waals surface area (Å²) in [5.74, 6) is 0.420. The van der Waals surface area contributed by atoms with Crippen molar-refractivity contribution in [1.29, 1.82) is 0 Å². The summed E-state index contributed by atoms with van der Waals surface area (Å²) in [5, 5.41) is 0. The number of hydrogen-bond acceptors (Lipinski definition) is 3. The van der Waals surface area contributed by atoms with Crippen LogP contribution in [0.1, 0.15) is 36.8 Å². The zero-order valence-corrected chi connectivity index (χ0v) is 19.3. The summed E-state index contributed by atoms with van der Waals surface area (Å²) in [6.07, 6.45) is 6.37.